The van der Waals surface area contributed by atoms with Gasteiger partial charge in [0.05, 0.1) is 11.1 Å². The van der Waals surface area contributed by atoms with Crippen LogP contribution in [0.5, 0.6) is 0 Å². The van der Waals surface area contributed by atoms with Crippen molar-refractivity contribution in [1.82, 2.24) is 19.4 Å². The third-order valence-corrected chi connectivity index (χ3v) is 6.03. The summed E-state index contributed by atoms with van der Waals surface area (Å²) in [6.07, 6.45) is 3.50. The molecule has 0 aliphatic rings. The van der Waals surface area contributed by atoms with Gasteiger partial charge in [0.25, 0.3) is 0 Å². The second kappa shape index (κ2) is 6.69. The number of aryl methyl sites for hydroxylation is 1. The maximum Gasteiger partial charge on any atom is 0.244 e. The van der Waals surface area contributed by atoms with E-state index in [9.17, 15) is 8.42 Å². The van der Waals surface area contributed by atoms with Crippen LogP contribution in [0.25, 0.3) is 0 Å². The van der Waals surface area contributed by atoms with Crippen LogP contribution >= 0.6 is 11.3 Å². The molecule has 0 amide bonds. The Morgan fingerprint density at radius 1 is 1.48 bits per heavy atom. The fraction of sp³-hybridized carbons (Fsp3) is 0.462. The van der Waals surface area contributed by atoms with E-state index >= 15 is 0 Å². The summed E-state index contributed by atoms with van der Waals surface area (Å²) < 4.78 is 28.4. The summed E-state index contributed by atoms with van der Waals surface area (Å²) in [4.78, 5) is 1.23. The second-order valence-electron chi connectivity index (χ2n) is 4.77. The first-order chi connectivity index (χ1) is 9.95. The van der Waals surface area contributed by atoms with Gasteiger partial charge in [-0.2, -0.15) is 9.40 Å². The van der Waals surface area contributed by atoms with E-state index < -0.39 is 10.0 Å². The molecule has 0 bridgehead atoms. The molecule has 0 spiro atoms. The molecule has 2 aromatic rings. The maximum absolute atomic E-state index is 12.7. The van der Waals surface area contributed by atoms with Gasteiger partial charge in [-0.1, -0.05) is 6.92 Å². The van der Waals surface area contributed by atoms with Gasteiger partial charge in [0.2, 0.25) is 10.0 Å². The van der Waals surface area contributed by atoms with E-state index in [2.05, 4.69) is 10.4 Å². The van der Waals surface area contributed by atoms with Crippen molar-refractivity contribution >= 4 is 21.4 Å². The number of sulfonamides is 1. The van der Waals surface area contributed by atoms with Crippen molar-refractivity contribution in [3.63, 3.8) is 0 Å². The molecule has 1 N–H and O–H groups in total. The highest BCUT2D eigenvalue weighted by molar-refractivity contribution is 7.89. The van der Waals surface area contributed by atoms with Gasteiger partial charge in [0.1, 0.15) is 0 Å². The average molecular weight is 328 g/mol. The molecule has 2 rings (SSSR count). The fourth-order valence-electron chi connectivity index (χ4n) is 1.99. The first-order valence-corrected chi connectivity index (χ1v) is 8.98. The molecule has 8 heteroatoms. The van der Waals surface area contributed by atoms with Crippen LogP contribution in [0.1, 0.15) is 17.4 Å². The molecule has 0 radical (unpaired) electrons. The SMILES string of the molecule is CCNCc1sccc1S(=O)(=O)N(C)Cc1cnn(C)c1. The largest absolute Gasteiger partial charge is 0.312 e. The summed E-state index contributed by atoms with van der Waals surface area (Å²) in [6.45, 7) is 3.69. The number of nitrogens with one attached hydrogen (secondary N) is 1. The highest BCUT2D eigenvalue weighted by Crippen LogP contribution is 2.25. The molecule has 0 saturated heterocycles. The van der Waals surface area contributed by atoms with E-state index in [1.54, 1.807) is 24.0 Å². The quantitative estimate of drug-likeness (QED) is 0.834. The third-order valence-electron chi connectivity index (χ3n) is 3.09. The standard InChI is InChI=1S/C13H20N4O2S2/c1-4-14-8-12-13(5-6-20-12)21(18,19)17(3)10-11-7-15-16(2)9-11/h5-7,9,14H,4,8,10H2,1-3H3. The molecule has 6 nitrogen and oxygen atoms in total. The van der Waals surface area contributed by atoms with E-state index in [1.807, 2.05) is 25.5 Å². The van der Waals surface area contributed by atoms with Gasteiger partial charge in [0, 0.05) is 43.8 Å². The van der Waals surface area contributed by atoms with Gasteiger partial charge in [-0.15, -0.1) is 11.3 Å². The molecular weight excluding hydrogens is 308 g/mol. The minimum absolute atomic E-state index is 0.312. The summed E-state index contributed by atoms with van der Waals surface area (Å²) in [7, 11) is -0.0738. The van der Waals surface area contributed by atoms with Crippen molar-refractivity contribution in [3.05, 3.63) is 34.3 Å². The summed E-state index contributed by atoms with van der Waals surface area (Å²) in [6, 6.07) is 1.67. The Morgan fingerprint density at radius 2 is 2.24 bits per heavy atom. The number of hydrogen-bond acceptors (Lipinski definition) is 5. The highest BCUT2D eigenvalue weighted by atomic mass is 32.2. The number of hydrogen-bond donors (Lipinski definition) is 1. The lowest BCUT2D eigenvalue weighted by Crippen LogP contribution is -2.27. The minimum atomic E-state index is -3.48. The topological polar surface area (TPSA) is 67.2 Å². The number of rotatable bonds is 7. The van der Waals surface area contributed by atoms with Crippen molar-refractivity contribution < 1.29 is 8.42 Å². The Hall–Kier alpha value is -1.22. The van der Waals surface area contributed by atoms with Gasteiger partial charge in [0.15, 0.2) is 0 Å². The summed E-state index contributed by atoms with van der Waals surface area (Å²) in [5.41, 5.74) is 0.868. The van der Waals surface area contributed by atoms with Gasteiger partial charge >= 0.3 is 0 Å². The molecule has 2 aromatic heterocycles. The van der Waals surface area contributed by atoms with Crippen molar-refractivity contribution in [3.8, 4) is 0 Å². The van der Waals surface area contributed by atoms with Crippen molar-refractivity contribution in [2.24, 2.45) is 7.05 Å². The molecule has 21 heavy (non-hydrogen) atoms. The second-order valence-corrected chi connectivity index (χ2v) is 7.79. The monoisotopic (exact) mass is 328 g/mol. The van der Waals surface area contributed by atoms with Crippen LogP contribution in [-0.4, -0.2) is 36.1 Å². The van der Waals surface area contributed by atoms with Gasteiger partial charge < -0.3 is 5.32 Å². The molecule has 0 unspecified atom stereocenters. The lowest BCUT2D eigenvalue weighted by atomic mass is 10.4. The first-order valence-electron chi connectivity index (χ1n) is 6.66. The Morgan fingerprint density at radius 3 is 2.86 bits per heavy atom. The van der Waals surface area contributed by atoms with Gasteiger partial charge in [-0.3, -0.25) is 4.68 Å². The summed E-state index contributed by atoms with van der Waals surface area (Å²) in [5, 5.41) is 9.05. The number of aromatic nitrogens is 2. The Balaban J connectivity index is 2.19. The highest BCUT2D eigenvalue weighted by Gasteiger charge is 2.25. The zero-order chi connectivity index (χ0) is 15.5. The molecule has 116 valence electrons. The average Bonchev–Trinajstić information content (AvgIpc) is 3.05. The molecule has 0 aromatic carbocycles. The predicted octanol–water partition coefficient (Wildman–Crippen LogP) is 1.41. The van der Waals surface area contributed by atoms with Crippen molar-refractivity contribution in [1.29, 1.82) is 0 Å². The van der Waals surface area contributed by atoms with E-state index in [1.165, 1.54) is 15.6 Å². The van der Waals surface area contributed by atoms with E-state index in [4.69, 9.17) is 0 Å². The minimum Gasteiger partial charge on any atom is -0.312 e. The Labute approximate surface area is 129 Å². The number of thiophene rings is 1. The van der Waals surface area contributed by atoms with Crippen LogP contribution in [0.3, 0.4) is 0 Å². The lowest BCUT2D eigenvalue weighted by Gasteiger charge is -2.16. The summed E-state index contributed by atoms with van der Waals surface area (Å²) >= 11 is 1.46. The van der Waals surface area contributed by atoms with Crippen LogP contribution < -0.4 is 5.32 Å². The maximum atomic E-state index is 12.7. The molecule has 0 atom stereocenters. The predicted molar refractivity (Wildman–Crippen MR) is 83.6 cm³/mol. The molecular formula is C13H20N4O2S2. The lowest BCUT2D eigenvalue weighted by molar-refractivity contribution is 0.466. The van der Waals surface area contributed by atoms with Crippen molar-refractivity contribution in [2.75, 3.05) is 13.6 Å². The van der Waals surface area contributed by atoms with Crippen molar-refractivity contribution in [2.45, 2.75) is 24.9 Å². The van der Waals surface area contributed by atoms with Gasteiger partial charge in [-0.25, -0.2) is 8.42 Å². The molecule has 0 fully saturated rings. The third kappa shape index (κ3) is 3.70. The summed E-state index contributed by atoms with van der Waals surface area (Å²) in [5.74, 6) is 0. The van der Waals surface area contributed by atoms with Crippen LogP contribution in [0, 0.1) is 0 Å². The number of nitrogens with zero attached hydrogens (tertiary/aromatic N) is 3. The van der Waals surface area contributed by atoms with E-state index in [0.29, 0.717) is 18.0 Å². The van der Waals surface area contributed by atoms with E-state index in [-0.39, 0.29) is 0 Å². The van der Waals surface area contributed by atoms with Crippen LogP contribution in [0.4, 0.5) is 0 Å². The Kier molecular flexibility index (Phi) is 5.15. The molecule has 0 aliphatic heterocycles. The molecule has 2 heterocycles. The van der Waals surface area contributed by atoms with Crippen LogP contribution in [0.15, 0.2) is 28.7 Å². The van der Waals surface area contributed by atoms with Crippen LogP contribution in [0.2, 0.25) is 0 Å². The normalized spacial score (nSPS) is 12.2. The Bertz CT molecular complexity index is 691. The van der Waals surface area contributed by atoms with Gasteiger partial charge in [-0.05, 0) is 18.0 Å². The molecule has 0 aliphatic carbocycles. The fourth-order valence-corrected chi connectivity index (χ4v) is 4.53. The zero-order valence-electron chi connectivity index (χ0n) is 12.4. The van der Waals surface area contributed by atoms with E-state index in [0.717, 1.165) is 17.0 Å². The van der Waals surface area contributed by atoms with Crippen LogP contribution in [-0.2, 0) is 30.2 Å². The first kappa shape index (κ1) is 16.2. The smallest absolute Gasteiger partial charge is 0.244 e. The zero-order valence-corrected chi connectivity index (χ0v) is 14.0. The molecule has 0 saturated carbocycles.